The van der Waals surface area contributed by atoms with Crippen molar-refractivity contribution in [2.75, 3.05) is 40.9 Å². The van der Waals surface area contributed by atoms with Gasteiger partial charge in [-0.05, 0) is 57.8 Å². The van der Waals surface area contributed by atoms with Crippen molar-refractivity contribution in [2.45, 2.75) is 392 Å². The predicted molar refractivity (Wildman–Crippen MR) is 381 cm³/mol. The van der Waals surface area contributed by atoms with E-state index in [1.165, 1.54) is 283 Å². The van der Waals surface area contributed by atoms with Gasteiger partial charge in [0.25, 0.3) is 7.82 Å². The van der Waals surface area contributed by atoms with Crippen LogP contribution in [0.25, 0.3) is 0 Å². The maximum Gasteiger partial charge on any atom is 0.268 e. The molecule has 0 aliphatic rings. The molecule has 0 radical (unpaired) electrons. The molecule has 2 N–H and O–H groups in total. The first kappa shape index (κ1) is 85.2. The summed E-state index contributed by atoms with van der Waals surface area (Å²) >= 11 is 0. The number of carbonyl (C=O) groups excluding carboxylic acids is 1. The highest BCUT2D eigenvalue weighted by Crippen LogP contribution is 2.38. The Morgan fingerprint density at radius 3 is 1.02 bits per heavy atom. The highest BCUT2D eigenvalue weighted by Gasteiger charge is 2.24. The van der Waals surface area contributed by atoms with Gasteiger partial charge >= 0.3 is 0 Å². The molecule has 9 heteroatoms. The van der Waals surface area contributed by atoms with E-state index in [9.17, 15) is 19.4 Å². The van der Waals surface area contributed by atoms with Crippen LogP contribution in [0.2, 0.25) is 0 Å². The number of aliphatic hydroxyl groups excluding tert-OH is 1. The molecule has 3 atom stereocenters. The molecule has 8 nitrogen and oxygen atoms in total. The number of rotatable bonds is 71. The minimum atomic E-state index is -4.58. The van der Waals surface area contributed by atoms with Crippen molar-refractivity contribution in [3.8, 4) is 0 Å². The van der Waals surface area contributed by atoms with Gasteiger partial charge in [-0.25, -0.2) is 0 Å². The standard InChI is InChI=1S/C78H149N2O6P/c1-6-8-10-12-14-16-18-20-22-24-26-28-30-32-34-36-38-40-42-44-46-48-50-52-54-56-58-60-62-64-66-68-70-72-78(82)79-76(75-86-87(83,84)85-74-73-80(3,4)5)77(81)71-69-67-65-63-61-59-57-55-53-51-49-47-45-43-41-39-37-35-33-31-29-27-25-23-21-19-17-15-13-11-9-7-2/h8,10,14,16,20,22,26,28,32,34,76-77,81H,6-7,9,11-13,15,17-19,21,23-25,27,29-31,33,35-75H2,1-5H3,(H-,79,82,83,84)/b10-8-,16-14-,22-20-,28-26-,34-32-. The second kappa shape index (κ2) is 68.6. The van der Waals surface area contributed by atoms with E-state index in [0.29, 0.717) is 23.9 Å². The summed E-state index contributed by atoms with van der Waals surface area (Å²) in [4.78, 5) is 25.7. The Bertz CT molecular complexity index is 1600. The van der Waals surface area contributed by atoms with Crippen LogP contribution in [0.1, 0.15) is 380 Å². The molecule has 0 spiro atoms. The van der Waals surface area contributed by atoms with Crippen molar-refractivity contribution in [1.82, 2.24) is 5.32 Å². The number of carbonyl (C=O) groups is 1. The fourth-order valence-electron chi connectivity index (χ4n) is 11.7. The van der Waals surface area contributed by atoms with Gasteiger partial charge in [-0.1, -0.05) is 376 Å². The minimum Gasteiger partial charge on any atom is -0.756 e. The topological polar surface area (TPSA) is 108 Å². The Morgan fingerprint density at radius 1 is 0.414 bits per heavy atom. The molecule has 0 aliphatic heterocycles. The van der Waals surface area contributed by atoms with Gasteiger partial charge in [0.05, 0.1) is 39.9 Å². The summed E-state index contributed by atoms with van der Waals surface area (Å²) in [6.07, 6.45) is 94.7. The summed E-state index contributed by atoms with van der Waals surface area (Å²) in [7, 11) is 1.32. The van der Waals surface area contributed by atoms with Crippen LogP contribution in [0.3, 0.4) is 0 Å². The van der Waals surface area contributed by atoms with Crippen molar-refractivity contribution in [2.24, 2.45) is 0 Å². The van der Waals surface area contributed by atoms with Gasteiger partial charge in [-0.2, -0.15) is 0 Å². The van der Waals surface area contributed by atoms with Crippen molar-refractivity contribution >= 4 is 13.7 Å². The summed E-state index contributed by atoms with van der Waals surface area (Å²) in [6, 6.07) is -0.804. The first-order chi connectivity index (χ1) is 42.5. The highest BCUT2D eigenvalue weighted by atomic mass is 31.2. The summed E-state index contributed by atoms with van der Waals surface area (Å²) in [6.45, 7) is 4.66. The van der Waals surface area contributed by atoms with Gasteiger partial charge in [-0.15, -0.1) is 0 Å². The van der Waals surface area contributed by atoms with E-state index in [-0.39, 0.29) is 19.1 Å². The quantitative estimate of drug-likeness (QED) is 0.0272. The van der Waals surface area contributed by atoms with E-state index < -0.39 is 20.0 Å². The van der Waals surface area contributed by atoms with Crippen LogP contribution in [0, 0.1) is 0 Å². The number of hydrogen-bond acceptors (Lipinski definition) is 6. The van der Waals surface area contributed by atoms with Gasteiger partial charge in [0.15, 0.2) is 0 Å². The zero-order chi connectivity index (χ0) is 63.4. The van der Waals surface area contributed by atoms with Crippen LogP contribution < -0.4 is 10.2 Å². The Labute approximate surface area is 542 Å². The van der Waals surface area contributed by atoms with Crippen molar-refractivity contribution in [1.29, 1.82) is 0 Å². The monoisotopic (exact) mass is 1240 g/mol. The zero-order valence-corrected chi connectivity index (χ0v) is 59.6. The van der Waals surface area contributed by atoms with E-state index >= 15 is 0 Å². The average Bonchev–Trinajstić information content (AvgIpc) is 3.71. The van der Waals surface area contributed by atoms with E-state index in [4.69, 9.17) is 9.05 Å². The van der Waals surface area contributed by atoms with Gasteiger partial charge in [-0.3, -0.25) is 9.36 Å². The summed E-state index contributed by atoms with van der Waals surface area (Å²) in [5.41, 5.74) is 0. The number of phosphoric ester groups is 1. The lowest BCUT2D eigenvalue weighted by Crippen LogP contribution is -2.46. The van der Waals surface area contributed by atoms with E-state index in [1.807, 2.05) is 21.1 Å². The Balaban J connectivity index is 3.97. The van der Waals surface area contributed by atoms with E-state index in [0.717, 1.165) is 70.6 Å². The van der Waals surface area contributed by atoms with Crippen LogP contribution in [-0.4, -0.2) is 68.5 Å². The Hall–Kier alpha value is -1.80. The SMILES string of the molecule is CC/C=C\C/C=C\C/C=C\C/C=C\C/C=C\CCCCCCCCCCCCCCCCCCCC(=O)NC(COP(=O)([O-])OCC[N+](C)(C)C)C(O)CCCCCCCCCCCCCCCCCCCCCCCCCCCCCCCCCC. The van der Waals surface area contributed by atoms with Gasteiger partial charge in [0.1, 0.15) is 13.2 Å². The Morgan fingerprint density at radius 2 is 0.701 bits per heavy atom. The lowest BCUT2D eigenvalue weighted by Gasteiger charge is -2.30. The molecule has 0 bridgehead atoms. The lowest BCUT2D eigenvalue weighted by molar-refractivity contribution is -0.870. The molecule has 87 heavy (non-hydrogen) atoms. The molecule has 0 aromatic heterocycles. The van der Waals surface area contributed by atoms with E-state index in [1.54, 1.807) is 0 Å². The molecule has 0 heterocycles. The smallest absolute Gasteiger partial charge is 0.268 e. The second-order valence-corrected chi connectivity index (χ2v) is 28.7. The molecule has 1 amide bonds. The number of amides is 1. The number of unbranched alkanes of at least 4 members (excludes halogenated alkanes) is 48. The number of likely N-dealkylation sites (N-methyl/N-ethyl adjacent to an activating group) is 1. The van der Waals surface area contributed by atoms with Gasteiger partial charge in [0, 0.05) is 6.42 Å². The summed E-state index contributed by atoms with van der Waals surface area (Å²) in [5.74, 6) is -0.159. The molecule has 0 aromatic carbocycles. The third-order valence-electron chi connectivity index (χ3n) is 17.5. The largest absolute Gasteiger partial charge is 0.756 e. The van der Waals surface area contributed by atoms with Crippen molar-refractivity contribution in [3.63, 3.8) is 0 Å². The number of hydrogen-bond donors (Lipinski definition) is 2. The number of phosphoric acid groups is 1. The first-order valence-corrected chi connectivity index (χ1v) is 39.6. The number of allylic oxidation sites excluding steroid dienone is 10. The van der Waals surface area contributed by atoms with Crippen LogP contribution in [0.5, 0.6) is 0 Å². The maximum atomic E-state index is 13.1. The summed E-state index contributed by atoms with van der Waals surface area (Å²) in [5, 5.41) is 14.1. The van der Waals surface area contributed by atoms with Crippen molar-refractivity contribution < 1.29 is 32.9 Å². The van der Waals surface area contributed by atoms with Crippen LogP contribution in [0.4, 0.5) is 0 Å². The average molecular weight is 1240 g/mol. The molecular formula is C78H149N2O6P. The number of nitrogens with zero attached hydrogens (tertiary/aromatic N) is 1. The maximum absolute atomic E-state index is 13.1. The fraction of sp³-hybridized carbons (Fsp3) is 0.859. The molecule has 0 aliphatic carbocycles. The minimum absolute atomic E-state index is 0.0127. The van der Waals surface area contributed by atoms with Crippen LogP contribution in [0.15, 0.2) is 60.8 Å². The van der Waals surface area contributed by atoms with Gasteiger partial charge in [0.2, 0.25) is 5.91 Å². The third-order valence-corrected chi connectivity index (χ3v) is 18.5. The Kier molecular flexibility index (Phi) is 67.1. The van der Waals surface area contributed by atoms with Crippen LogP contribution in [-0.2, 0) is 18.4 Å². The molecule has 0 saturated heterocycles. The van der Waals surface area contributed by atoms with Crippen molar-refractivity contribution in [3.05, 3.63) is 60.8 Å². The molecule has 0 aromatic rings. The molecule has 512 valence electrons. The highest BCUT2D eigenvalue weighted by molar-refractivity contribution is 7.45. The van der Waals surface area contributed by atoms with Gasteiger partial charge < -0.3 is 28.8 Å². The molecule has 0 rings (SSSR count). The molecule has 3 unspecified atom stereocenters. The molecule has 0 fully saturated rings. The first-order valence-electron chi connectivity index (χ1n) is 38.1. The number of aliphatic hydroxyl groups is 1. The fourth-order valence-corrected chi connectivity index (χ4v) is 12.4. The third kappa shape index (κ3) is 71.5. The number of quaternary nitrogens is 1. The van der Waals surface area contributed by atoms with Crippen LogP contribution >= 0.6 is 7.82 Å². The predicted octanol–water partition coefficient (Wildman–Crippen LogP) is 24.1. The zero-order valence-electron chi connectivity index (χ0n) is 58.7. The lowest BCUT2D eigenvalue weighted by atomic mass is 10.0. The number of nitrogens with one attached hydrogen (secondary N) is 1. The second-order valence-electron chi connectivity index (χ2n) is 27.3. The normalized spacial score (nSPS) is 13.9. The van der Waals surface area contributed by atoms with E-state index in [2.05, 4.69) is 79.9 Å². The molecular weight excluding hydrogens is 1090 g/mol. The summed E-state index contributed by atoms with van der Waals surface area (Å²) < 4.78 is 23.6. The molecule has 0 saturated carbocycles.